The summed E-state index contributed by atoms with van der Waals surface area (Å²) in [5.41, 5.74) is 0.912. The Hall–Kier alpha value is -2.18. The van der Waals surface area contributed by atoms with E-state index >= 15 is 0 Å². The van der Waals surface area contributed by atoms with E-state index in [1.165, 1.54) is 4.68 Å². The molecule has 0 saturated heterocycles. The zero-order valence-electron chi connectivity index (χ0n) is 8.38. The van der Waals surface area contributed by atoms with E-state index in [4.69, 9.17) is 0 Å². The number of amides is 1. The lowest BCUT2D eigenvalue weighted by Crippen LogP contribution is -2.11. The Labute approximate surface area is 85.7 Å². The summed E-state index contributed by atoms with van der Waals surface area (Å²) in [6.07, 6.45) is 4.81. The van der Waals surface area contributed by atoms with Crippen LogP contribution in [-0.4, -0.2) is 30.7 Å². The van der Waals surface area contributed by atoms with Gasteiger partial charge in [-0.05, 0) is 0 Å². The molecule has 0 aliphatic rings. The number of rotatable bonds is 2. The van der Waals surface area contributed by atoms with Crippen LogP contribution in [0, 0.1) is 0 Å². The molecule has 0 atom stereocenters. The van der Waals surface area contributed by atoms with E-state index < -0.39 is 0 Å². The predicted octanol–water partition coefficient (Wildman–Crippen LogP) is -0.199. The quantitative estimate of drug-likeness (QED) is 0.738. The topological polar surface area (TPSA) is 77.6 Å². The first-order valence-corrected chi connectivity index (χ1v) is 4.31. The van der Waals surface area contributed by atoms with Gasteiger partial charge in [0.05, 0.1) is 18.1 Å². The minimum Gasteiger partial charge on any atom is -0.318 e. The van der Waals surface area contributed by atoms with Crippen LogP contribution in [0.3, 0.4) is 0 Å². The summed E-state index contributed by atoms with van der Waals surface area (Å²) in [5, 5.41) is 13.9. The van der Waals surface area contributed by atoms with Crippen LogP contribution in [0.5, 0.6) is 0 Å². The molecule has 15 heavy (non-hydrogen) atoms. The molecule has 0 fully saturated rings. The van der Waals surface area contributed by atoms with E-state index in [0.717, 1.165) is 0 Å². The van der Waals surface area contributed by atoms with Crippen LogP contribution in [0.2, 0.25) is 0 Å². The summed E-state index contributed by atoms with van der Waals surface area (Å²) in [7, 11) is 3.48. The Bertz CT molecular complexity index is 485. The van der Waals surface area contributed by atoms with Crippen molar-refractivity contribution >= 4 is 11.6 Å². The smallest absolute Gasteiger partial charge is 0.277 e. The molecule has 78 valence electrons. The fourth-order valence-electron chi connectivity index (χ4n) is 1.13. The molecule has 0 aliphatic heterocycles. The third-order valence-corrected chi connectivity index (χ3v) is 1.80. The van der Waals surface area contributed by atoms with Gasteiger partial charge in [-0.3, -0.25) is 14.2 Å². The number of anilines is 1. The molecular weight excluding hydrogens is 196 g/mol. The number of hydrogen-bond donors (Lipinski definition) is 1. The summed E-state index contributed by atoms with van der Waals surface area (Å²) < 4.78 is 3.07. The second-order valence-electron chi connectivity index (χ2n) is 3.13. The van der Waals surface area contributed by atoms with Gasteiger partial charge in [-0.25, -0.2) is 0 Å². The number of nitrogens with one attached hydrogen (secondary N) is 1. The lowest BCUT2D eigenvalue weighted by atomic mass is 10.4. The maximum absolute atomic E-state index is 11.6. The Kier molecular flexibility index (Phi) is 2.20. The molecular formula is C8H10N6O. The largest absolute Gasteiger partial charge is 0.318 e. The maximum atomic E-state index is 11.6. The number of aromatic nitrogens is 5. The van der Waals surface area contributed by atoms with Crippen molar-refractivity contribution in [3.05, 3.63) is 24.3 Å². The fraction of sp³-hybridized carbons (Fsp3) is 0.250. The van der Waals surface area contributed by atoms with Gasteiger partial charge < -0.3 is 5.32 Å². The molecule has 0 aliphatic carbocycles. The molecule has 0 unspecified atom stereocenters. The number of aryl methyl sites for hydroxylation is 2. The van der Waals surface area contributed by atoms with Crippen molar-refractivity contribution in [1.29, 1.82) is 0 Å². The van der Waals surface area contributed by atoms with Crippen molar-refractivity contribution in [1.82, 2.24) is 24.8 Å². The standard InChI is InChI=1S/C8H10N6O/c1-13-4-6(3-9-13)10-8(15)7-5-14(2)12-11-7/h3-5H,1-2H3,(H,10,15). The predicted molar refractivity (Wildman–Crippen MR) is 52.2 cm³/mol. The Morgan fingerprint density at radius 3 is 2.67 bits per heavy atom. The zero-order chi connectivity index (χ0) is 10.8. The Morgan fingerprint density at radius 1 is 1.33 bits per heavy atom. The first-order valence-electron chi connectivity index (χ1n) is 4.31. The van der Waals surface area contributed by atoms with E-state index in [1.54, 1.807) is 37.4 Å². The summed E-state index contributed by atoms with van der Waals surface area (Å²) in [4.78, 5) is 11.6. The summed E-state index contributed by atoms with van der Waals surface area (Å²) in [5.74, 6) is -0.295. The van der Waals surface area contributed by atoms with Gasteiger partial charge in [-0.1, -0.05) is 5.21 Å². The average Bonchev–Trinajstić information content (AvgIpc) is 2.75. The van der Waals surface area contributed by atoms with Crippen molar-refractivity contribution in [2.24, 2.45) is 14.1 Å². The van der Waals surface area contributed by atoms with Crippen LogP contribution in [0.4, 0.5) is 5.69 Å². The van der Waals surface area contributed by atoms with Gasteiger partial charge in [0.15, 0.2) is 5.69 Å². The van der Waals surface area contributed by atoms with E-state index in [-0.39, 0.29) is 11.6 Å². The van der Waals surface area contributed by atoms with Crippen molar-refractivity contribution in [2.45, 2.75) is 0 Å². The lowest BCUT2D eigenvalue weighted by molar-refractivity contribution is 0.102. The molecule has 0 aromatic carbocycles. The summed E-state index contributed by atoms with van der Waals surface area (Å²) in [6.45, 7) is 0. The maximum Gasteiger partial charge on any atom is 0.277 e. The molecule has 0 bridgehead atoms. The molecule has 1 N–H and O–H groups in total. The number of carbonyl (C=O) groups is 1. The van der Waals surface area contributed by atoms with Crippen LogP contribution >= 0.6 is 0 Å². The molecule has 2 rings (SSSR count). The van der Waals surface area contributed by atoms with Crippen LogP contribution in [0.15, 0.2) is 18.6 Å². The highest BCUT2D eigenvalue weighted by Crippen LogP contribution is 2.05. The van der Waals surface area contributed by atoms with Gasteiger partial charge in [0.2, 0.25) is 0 Å². The Morgan fingerprint density at radius 2 is 2.13 bits per heavy atom. The van der Waals surface area contributed by atoms with Crippen molar-refractivity contribution in [3.63, 3.8) is 0 Å². The first-order chi connectivity index (χ1) is 7.15. The SMILES string of the molecule is Cn1cc(NC(=O)c2cn(C)nn2)cn1. The van der Waals surface area contributed by atoms with Crippen LogP contribution in [0.25, 0.3) is 0 Å². The van der Waals surface area contributed by atoms with Gasteiger partial charge >= 0.3 is 0 Å². The molecule has 7 heteroatoms. The molecule has 7 nitrogen and oxygen atoms in total. The van der Waals surface area contributed by atoms with Gasteiger partial charge in [0.1, 0.15) is 0 Å². The molecule has 0 radical (unpaired) electrons. The second-order valence-corrected chi connectivity index (χ2v) is 3.13. The monoisotopic (exact) mass is 206 g/mol. The van der Waals surface area contributed by atoms with E-state index in [9.17, 15) is 4.79 Å². The average molecular weight is 206 g/mol. The van der Waals surface area contributed by atoms with Gasteiger partial charge in [0.25, 0.3) is 5.91 Å². The molecule has 2 aromatic heterocycles. The number of carbonyl (C=O) groups excluding carboxylic acids is 1. The highest BCUT2D eigenvalue weighted by Gasteiger charge is 2.10. The number of nitrogens with zero attached hydrogens (tertiary/aromatic N) is 5. The third-order valence-electron chi connectivity index (χ3n) is 1.80. The second kappa shape index (κ2) is 3.52. The van der Waals surface area contributed by atoms with Gasteiger partial charge in [-0.15, -0.1) is 5.10 Å². The van der Waals surface area contributed by atoms with Gasteiger partial charge in [-0.2, -0.15) is 5.10 Å². The van der Waals surface area contributed by atoms with E-state index in [2.05, 4.69) is 20.7 Å². The zero-order valence-corrected chi connectivity index (χ0v) is 8.38. The van der Waals surface area contributed by atoms with Crippen LogP contribution in [-0.2, 0) is 14.1 Å². The van der Waals surface area contributed by atoms with Crippen LogP contribution in [0.1, 0.15) is 10.5 Å². The molecule has 1 amide bonds. The van der Waals surface area contributed by atoms with Gasteiger partial charge in [0, 0.05) is 20.3 Å². The van der Waals surface area contributed by atoms with Crippen molar-refractivity contribution in [3.8, 4) is 0 Å². The molecule has 2 aromatic rings. The van der Waals surface area contributed by atoms with E-state index in [0.29, 0.717) is 5.69 Å². The normalized spacial score (nSPS) is 10.3. The lowest BCUT2D eigenvalue weighted by Gasteiger charge is -1.96. The van der Waals surface area contributed by atoms with Crippen molar-refractivity contribution in [2.75, 3.05) is 5.32 Å². The van der Waals surface area contributed by atoms with Crippen molar-refractivity contribution < 1.29 is 4.79 Å². The third kappa shape index (κ3) is 2.01. The Balaban J connectivity index is 2.10. The minimum atomic E-state index is -0.295. The highest BCUT2D eigenvalue weighted by atomic mass is 16.2. The molecule has 0 spiro atoms. The summed E-state index contributed by atoms with van der Waals surface area (Å²) in [6, 6.07) is 0. The minimum absolute atomic E-state index is 0.279. The summed E-state index contributed by atoms with van der Waals surface area (Å²) >= 11 is 0. The highest BCUT2D eigenvalue weighted by molar-refractivity contribution is 6.02. The molecule has 2 heterocycles. The fourth-order valence-corrected chi connectivity index (χ4v) is 1.13. The molecule has 0 saturated carbocycles. The van der Waals surface area contributed by atoms with Crippen LogP contribution < -0.4 is 5.32 Å². The number of hydrogen-bond acceptors (Lipinski definition) is 4. The van der Waals surface area contributed by atoms with E-state index in [1.807, 2.05) is 0 Å². The first kappa shape index (κ1) is 9.38.